The SMILES string of the molecule is Cc1cc(C)c(-c2c[c-]c3c(c2)B(c2c(C(C)C)cccc2C(C)C)c2cccnc2-3)c(C)c1.[Ir]. The molecule has 0 atom stereocenters. The zero-order chi connectivity index (χ0) is 24.1. The molecular weight excluding hydrogens is 601 g/mol. The largest absolute Gasteiger partial charge is 0.305 e. The monoisotopic (exact) mass is 635 g/mol. The number of rotatable bonds is 4. The topological polar surface area (TPSA) is 12.9 Å². The van der Waals surface area contributed by atoms with Gasteiger partial charge in [-0.05, 0) is 44.4 Å². The van der Waals surface area contributed by atoms with Crippen molar-refractivity contribution in [2.24, 2.45) is 0 Å². The summed E-state index contributed by atoms with van der Waals surface area (Å²) in [5.41, 5.74) is 15.7. The van der Waals surface area contributed by atoms with Crippen LogP contribution in [0.5, 0.6) is 0 Å². The van der Waals surface area contributed by atoms with Gasteiger partial charge in [-0.2, -0.15) is 0 Å². The van der Waals surface area contributed by atoms with Crippen LogP contribution < -0.4 is 16.4 Å². The van der Waals surface area contributed by atoms with Crippen molar-refractivity contribution in [2.75, 3.05) is 0 Å². The summed E-state index contributed by atoms with van der Waals surface area (Å²) in [5, 5.41) is 0. The molecule has 35 heavy (non-hydrogen) atoms. The van der Waals surface area contributed by atoms with Gasteiger partial charge in [-0.25, -0.2) is 0 Å². The van der Waals surface area contributed by atoms with Crippen molar-refractivity contribution in [2.45, 2.75) is 60.3 Å². The van der Waals surface area contributed by atoms with Crippen molar-refractivity contribution < 1.29 is 20.1 Å². The second-order valence-corrected chi connectivity index (χ2v) is 10.5. The first-order valence-electron chi connectivity index (χ1n) is 12.5. The first kappa shape index (κ1) is 25.6. The van der Waals surface area contributed by atoms with Gasteiger partial charge in [0.15, 0.2) is 6.71 Å². The van der Waals surface area contributed by atoms with Gasteiger partial charge in [0, 0.05) is 26.3 Å². The summed E-state index contributed by atoms with van der Waals surface area (Å²) in [5.74, 6) is 0.901. The second-order valence-electron chi connectivity index (χ2n) is 10.5. The maximum atomic E-state index is 4.84. The molecule has 179 valence electrons. The molecule has 0 N–H and O–H groups in total. The van der Waals surface area contributed by atoms with Gasteiger partial charge in [0.25, 0.3) is 0 Å². The molecule has 0 bridgehead atoms. The molecule has 1 aliphatic heterocycles. The fraction of sp³-hybridized carbons (Fsp3) is 0.281. The Morgan fingerprint density at radius 2 is 1.43 bits per heavy atom. The van der Waals surface area contributed by atoms with Gasteiger partial charge in [0.05, 0.1) is 0 Å². The van der Waals surface area contributed by atoms with Gasteiger partial charge >= 0.3 is 0 Å². The summed E-state index contributed by atoms with van der Waals surface area (Å²) in [4.78, 5) is 4.84. The first-order chi connectivity index (χ1) is 16.3. The summed E-state index contributed by atoms with van der Waals surface area (Å²) in [6.45, 7) is 16.0. The Balaban J connectivity index is 0.00000289. The zero-order valence-corrected chi connectivity index (χ0v) is 24.2. The number of aromatic nitrogens is 1. The molecule has 0 fully saturated rings. The molecule has 3 aromatic carbocycles. The van der Waals surface area contributed by atoms with E-state index in [1.807, 2.05) is 6.20 Å². The third-order valence-electron chi connectivity index (χ3n) is 7.34. The van der Waals surface area contributed by atoms with Crippen molar-refractivity contribution >= 4 is 23.1 Å². The number of fused-ring (bicyclic) bond motifs is 3. The Labute approximate surface area is 224 Å². The van der Waals surface area contributed by atoms with E-state index in [9.17, 15) is 0 Å². The Hall–Kier alpha value is -2.48. The van der Waals surface area contributed by atoms with Crippen molar-refractivity contribution in [1.29, 1.82) is 0 Å². The molecule has 1 aromatic heterocycles. The van der Waals surface area contributed by atoms with E-state index >= 15 is 0 Å². The van der Waals surface area contributed by atoms with Crippen molar-refractivity contribution in [3.05, 3.63) is 94.7 Å². The van der Waals surface area contributed by atoms with Crippen LogP contribution in [0.25, 0.3) is 22.4 Å². The van der Waals surface area contributed by atoms with Crippen molar-refractivity contribution in [3.63, 3.8) is 0 Å². The number of hydrogen-bond acceptors (Lipinski definition) is 1. The molecule has 0 aliphatic carbocycles. The second kappa shape index (κ2) is 9.88. The molecule has 0 amide bonds. The average Bonchev–Trinajstić information content (AvgIpc) is 3.11. The molecule has 0 unspecified atom stereocenters. The molecule has 3 heteroatoms. The summed E-state index contributed by atoms with van der Waals surface area (Å²) >= 11 is 0. The molecule has 0 spiro atoms. The van der Waals surface area contributed by atoms with Crippen LogP contribution in [0.1, 0.15) is 67.3 Å². The van der Waals surface area contributed by atoms with Gasteiger partial charge in [-0.1, -0.05) is 114 Å². The van der Waals surface area contributed by atoms with Crippen LogP contribution >= 0.6 is 0 Å². The van der Waals surface area contributed by atoms with Crippen LogP contribution in [0.2, 0.25) is 0 Å². The van der Waals surface area contributed by atoms with E-state index in [2.05, 4.69) is 109 Å². The van der Waals surface area contributed by atoms with Gasteiger partial charge in [-0.3, -0.25) is 0 Å². The number of pyridine rings is 1. The van der Waals surface area contributed by atoms with E-state index in [0.717, 1.165) is 11.3 Å². The van der Waals surface area contributed by atoms with E-state index in [0.29, 0.717) is 11.8 Å². The number of hydrogen-bond donors (Lipinski definition) is 0. The third-order valence-corrected chi connectivity index (χ3v) is 7.34. The summed E-state index contributed by atoms with van der Waals surface area (Å²) in [6.07, 6.45) is 1.92. The van der Waals surface area contributed by atoms with Gasteiger partial charge in [-0.15, -0.1) is 29.2 Å². The Kier molecular flexibility index (Phi) is 7.23. The molecule has 1 aliphatic rings. The minimum absolute atomic E-state index is 0. The summed E-state index contributed by atoms with van der Waals surface area (Å²) in [7, 11) is 0. The van der Waals surface area contributed by atoms with Crippen LogP contribution in [0, 0.1) is 26.8 Å². The first-order valence-corrected chi connectivity index (χ1v) is 12.5. The van der Waals surface area contributed by atoms with E-state index in [4.69, 9.17) is 4.98 Å². The third kappa shape index (κ3) is 4.35. The Morgan fingerprint density at radius 3 is 2.03 bits per heavy atom. The number of nitrogens with zero attached hydrogens (tertiary/aromatic N) is 1. The van der Waals surface area contributed by atoms with Crippen molar-refractivity contribution in [3.8, 4) is 22.4 Å². The Bertz CT molecular complexity index is 1350. The molecule has 5 rings (SSSR count). The maximum Gasteiger partial charge on any atom is 0.182 e. The normalized spacial score (nSPS) is 12.1. The fourth-order valence-corrected chi connectivity index (χ4v) is 6.01. The van der Waals surface area contributed by atoms with E-state index in [1.54, 1.807) is 0 Å². The van der Waals surface area contributed by atoms with E-state index in [-0.39, 0.29) is 26.8 Å². The molecular formula is C32H33BIrN-. The zero-order valence-electron chi connectivity index (χ0n) is 21.8. The minimum atomic E-state index is 0. The smallest absolute Gasteiger partial charge is 0.182 e. The van der Waals surface area contributed by atoms with Gasteiger partial charge < -0.3 is 4.98 Å². The quantitative estimate of drug-likeness (QED) is 0.169. The summed E-state index contributed by atoms with van der Waals surface area (Å²) < 4.78 is 0. The molecule has 2 heterocycles. The number of benzene rings is 3. The molecule has 1 radical (unpaired) electrons. The average molecular weight is 635 g/mol. The molecule has 1 nitrogen and oxygen atoms in total. The van der Waals surface area contributed by atoms with Crippen LogP contribution in [0.3, 0.4) is 0 Å². The van der Waals surface area contributed by atoms with Crippen LogP contribution in [-0.2, 0) is 20.1 Å². The Morgan fingerprint density at radius 1 is 0.800 bits per heavy atom. The van der Waals surface area contributed by atoms with Crippen LogP contribution in [0.4, 0.5) is 0 Å². The molecule has 0 saturated carbocycles. The van der Waals surface area contributed by atoms with E-state index < -0.39 is 0 Å². The maximum absolute atomic E-state index is 4.84. The van der Waals surface area contributed by atoms with Gasteiger partial charge in [0.2, 0.25) is 0 Å². The molecule has 0 saturated heterocycles. The van der Waals surface area contributed by atoms with E-state index in [1.165, 1.54) is 55.3 Å². The predicted octanol–water partition coefficient (Wildman–Crippen LogP) is 6.21. The van der Waals surface area contributed by atoms with Crippen LogP contribution in [-0.4, -0.2) is 11.7 Å². The van der Waals surface area contributed by atoms with Crippen molar-refractivity contribution in [1.82, 2.24) is 4.98 Å². The predicted molar refractivity (Wildman–Crippen MR) is 147 cm³/mol. The summed E-state index contributed by atoms with van der Waals surface area (Å²) in [6, 6.07) is 24.1. The fourth-order valence-electron chi connectivity index (χ4n) is 6.01. The minimum Gasteiger partial charge on any atom is -0.305 e. The van der Waals surface area contributed by atoms with Crippen LogP contribution in [0.15, 0.2) is 60.8 Å². The van der Waals surface area contributed by atoms with Gasteiger partial charge in [0.1, 0.15) is 0 Å². The standard InChI is InChI=1S/C32H33BN.Ir/c1-19(2)25-10-8-11-26(20(3)4)31(25)33-28-12-9-15-34-32(28)27-14-13-24(18-29(27)33)30-22(6)16-21(5)17-23(30)7;/h8-13,15-20H,1-7H3;/q-1;. The molecule has 4 aromatic rings. The number of aryl methyl sites for hydroxylation is 3.